The van der Waals surface area contributed by atoms with Crippen LogP contribution in [0.2, 0.25) is 0 Å². The largest absolute Gasteiger partial charge is 0.497 e. The van der Waals surface area contributed by atoms with Crippen molar-refractivity contribution in [3.63, 3.8) is 0 Å². The Morgan fingerprint density at radius 3 is 2.42 bits per heavy atom. The summed E-state index contributed by atoms with van der Waals surface area (Å²) in [6, 6.07) is 12.7. The van der Waals surface area contributed by atoms with Crippen molar-refractivity contribution in [2.45, 2.75) is 32.7 Å². The Labute approximate surface area is 209 Å². The van der Waals surface area contributed by atoms with E-state index >= 15 is 0 Å². The normalized spacial score (nSPS) is 14.9. The quantitative estimate of drug-likeness (QED) is 0.432. The molecule has 2 aromatic rings. The second-order valence-electron chi connectivity index (χ2n) is 7.95. The molecular weight excluding hydrogens is 466 g/mol. The minimum Gasteiger partial charge on any atom is -0.497 e. The number of urea groups is 1. The van der Waals surface area contributed by atoms with Crippen LogP contribution < -0.4 is 20.7 Å². The SMILES string of the molecule is CCOC(=O)C1=C(COC(=O)c2ccccc2NC(=O)CCc2ccc(OC)cc2)NC(=O)NC1C. The second kappa shape index (κ2) is 12.4. The summed E-state index contributed by atoms with van der Waals surface area (Å²) in [6.45, 7) is 3.09. The molecule has 0 bridgehead atoms. The number of hydrogen-bond acceptors (Lipinski definition) is 7. The van der Waals surface area contributed by atoms with E-state index in [9.17, 15) is 19.2 Å². The molecule has 0 saturated carbocycles. The summed E-state index contributed by atoms with van der Waals surface area (Å²) in [5.41, 5.74) is 1.72. The third-order valence-electron chi connectivity index (χ3n) is 5.43. The maximum atomic E-state index is 12.8. The van der Waals surface area contributed by atoms with Crippen molar-refractivity contribution in [1.29, 1.82) is 0 Å². The number of carbonyl (C=O) groups excluding carboxylic acids is 4. The highest BCUT2D eigenvalue weighted by atomic mass is 16.5. The Hall–Kier alpha value is -4.34. The number of carbonyl (C=O) groups is 4. The molecule has 2 aromatic carbocycles. The monoisotopic (exact) mass is 495 g/mol. The molecular formula is C26H29N3O7. The lowest BCUT2D eigenvalue weighted by molar-refractivity contribution is -0.139. The van der Waals surface area contributed by atoms with E-state index in [0.29, 0.717) is 12.1 Å². The number of anilines is 1. The highest BCUT2D eigenvalue weighted by Gasteiger charge is 2.30. The lowest BCUT2D eigenvalue weighted by Crippen LogP contribution is -2.50. The summed E-state index contributed by atoms with van der Waals surface area (Å²) in [7, 11) is 1.59. The van der Waals surface area contributed by atoms with Crippen LogP contribution in [-0.2, 0) is 25.5 Å². The Balaban J connectivity index is 1.65. The smallest absolute Gasteiger partial charge is 0.340 e. The Morgan fingerprint density at radius 1 is 1.00 bits per heavy atom. The van der Waals surface area contributed by atoms with E-state index < -0.39 is 24.0 Å². The molecule has 3 N–H and O–H groups in total. The van der Waals surface area contributed by atoms with Gasteiger partial charge in [-0.1, -0.05) is 24.3 Å². The van der Waals surface area contributed by atoms with Crippen molar-refractivity contribution in [2.24, 2.45) is 0 Å². The fourth-order valence-electron chi connectivity index (χ4n) is 3.64. The van der Waals surface area contributed by atoms with Gasteiger partial charge in [0.2, 0.25) is 5.91 Å². The minimum absolute atomic E-state index is 0.138. The first-order chi connectivity index (χ1) is 17.3. The topological polar surface area (TPSA) is 132 Å². The van der Waals surface area contributed by atoms with Gasteiger partial charge >= 0.3 is 18.0 Å². The molecule has 0 radical (unpaired) electrons. The molecule has 1 atom stereocenters. The summed E-state index contributed by atoms with van der Waals surface area (Å²) in [4.78, 5) is 49.6. The van der Waals surface area contributed by atoms with E-state index in [0.717, 1.165) is 11.3 Å². The van der Waals surface area contributed by atoms with Gasteiger partial charge in [0.25, 0.3) is 0 Å². The van der Waals surface area contributed by atoms with Gasteiger partial charge in [-0.25, -0.2) is 14.4 Å². The maximum Gasteiger partial charge on any atom is 0.340 e. The maximum absolute atomic E-state index is 12.8. The number of ether oxygens (including phenoxy) is 3. The van der Waals surface area contributed by atoms with Crippen molar-refractivity contribution >= 4 is 29.6 Å². The summed E-state index contributed by atoms with van der Waals surface area (Å²) in [5.74, 6) is -0.873. The highest BCUT2D eigenvalue weighted by Crippen LogP contribution is 2.20. The first-order valence-corrected chi connectivity index (χ1v) is 11.5. The third-order valence-corrected chi connectivity index (χ3v) is 5.43. The van der Waals surface area contributed by atoms with Gasteiger partial charge in [-0.2, -0.15) is 0 Å². The fourth-order valence-corrected chi connectivity index (χ4v) is 3.64. The van der Waals surface area contributed by atoms with Crippen LogP contribution in [0.25, 0.3) is 0 Å². The Morgan fingerprint density at radius 2 is 1.72 bits per heavy atom. The highest BCUT2D eigenvalue weighted by molar-refractivity contribution is 6.01. The Kier molecular flexibility index (Phi) is 9.04. The second-order valence-corrected chi connectivity index (χ2v) is 7.95. The number of rotatable bonds is 10. The minimum atomic E-state index is -0.725. The third kappa shape index (κ3) is 6.84. The fraction of sp³-hybridized carbons (Fsp3) is 0.308. The van der Waals surface area contributed by atoms with Crippen LogP contribution in [0.4, 0.5) is 10.5 Å². The molecule has 0 saturated heterocycles. The predicted molar refractivity (Wildman–Crippen MR) is 131 cm³/mol. The van der Waals surface area contributed by atoms with Crippen molar-refractivity contribution in [3.8, 4) is 5.75 Å². The van der Waals surface area contributed by atoms with Gasteiger partial charge in [-0.3, -0.25) is 4.79 Å². The van der Waals surface area contributed by atoms with E-state index in [2.05, 4.69) is 16.0 Å². The van der Waals surface area contributed by atoms with Gasteiger partial charge < -0.3 is 30.2 Å². The van der Waals surface area contributed by atoms with E-state index in [-0.39, 0.29) is 42.4 Å². The van der Waals surface area contributed by atoms with Gasteiger partial charge in [0.1, 0.15) is 12.4 Å². The number of aryl methyl sites for hydroxylation is 1. The summed E-state index contributed by atoms with van der Waals surface area (Å²) >= 11 is 0. The molecule has 1 unspecified atom stereocenters. The molecule has 1 heterocycles. The van der Waals surface area contributed by atoms with Crippen LogP contribution in [0.1, 0.15) is 36.2 Å². The van der Waals surface area contributed by atoms with Gasteiger partial charge in [0.15, 0.2) is 0 Å². The molecule has 10 heteroatoms. The molecule has 36 heavy (non-hydrogen) atoms. The van der Waals surface area contributed by atoms with Crippen LogP contribution in [0.5, 0.6) is 5.75 Å². The number of amides is 3. The van der Waals surface area contributed by atoms with Crippen LogP contribution in [-0.4, -0.2) is 50.2 Å². The predicted octanol–water partition coefficient (Wildman–Crippen LogP) is 2.94. The van der Waals surface area contributed by atoms with E-state index in [1.807, 2.05) is 24.3 Å². The molecule has 3 rings (SSSR count). The standard InChI is InChI=1S/C26H29N3O7/c1-4-35-25(32)23-16(2)27-26(33)29-21(23)15-36-24(31)19-7-5-6-8-20(19)28-22(30)14-11-17-9-12-18(34-3)13-10-17/h5-10,12-13,16H,4,11,14-15H2,1-3H3,(H,28,30)(H2,27,29,33). The lowest BCUT2D eigenvalue weighted by atomic mass is 10.0. The van der Waals surface area contributed by atoms with E-state index in [4.69, 9.17) is 14.2 Å². The number of esters is 2. The first kappa shape index (κ1) is 26.3. The molecule has 190 valence electrons. The van der Waals surface area contributed by atoms with Crippen molar-refractivity contribution in [3.05, 3.63) is 70.9 Å². The van der Waals surface area contributed by atoms with Gasteiger partial charge in [0, 0.05) is 6.42 Å². The molecule has 1 aliphatic heterocycles. The zero-order valence-corrected chi connectivity index (χ0v) is 20.4. The van der Waals surface area contributed by atoms with Crippen LogP contribution >= 0.6 is 0 Å². The molecule has 0 fully saturated rings. The Bertz CT molecular complexity index is 1160. The number of nitrogens with one attached hydrogen (secondary N) is 3. The number of benzene rings is 2. The first-order valence-electron chi connectivity index (χ1n) is 11.5. The zero-order chi connectivity index (χ0) is 26.1. The summed E-state index contributed by atoms with van der Waals surface area (Å²) in [5, 5.41) is 7.83. The molecule has 0 aliphatic carbocycles. The molecule has 0 aromatic heterocycles. The summed E-state index contributed by atoms with van der Waals surface area (Å²) < 4.78 is 15.6. The molecule has 3 amide bonds. The van der Waals surface area contributed by atoms with Crippen molar-refractivity contribution < 1.29 is 33.4 Å². The van der Waals surface area contributed by atoms with Crippen LogP contribution in [0.3, 0.4) is 0 Å². The number of methoxy groups -OCH3 is 1. The lowest BCUT2D eigenvalue weighted by Gasteiger charge is -2.26. The van der Waals surface area contributed by atoms with Crippen molar-refractivity contribution in [2.75, 3.05) is 25.6 Å². The number of para-hydroxylation sites is 1. The van der Waals surface area contributed by atoms with Gasteiger partial charge in [0.05, 0.1) is 42.3 Å². The number of hydrogen-bond donors (Lipinski definition) is 3. The summed E-state index contributed by atoms with van der Waals surface area (Å²) in [6.07, 6.45) is 0.724. The average Bonchev–Trinajstić information content (AvgIpc) is 2.86. The molecule has 0 spiro atoms. The van der Waals surface area contributed by atoms with Gasteiger partial charge in [-0.05, 0) is 50.1 Å². The molecule has 1 aliphatic rings. The zero-order valence-electron chi connectivity index (χ0n) is 20.4. The van der Waals surface area contributed by atoms with Gasteiger partial charge in [-0.15, -0.1) is 0 Å². The van der Waals surface area contributed by atoms with Crippen LogP contribution in [0.15, 0.2) is 59.8 Å². The van der Waals surface area contributed by atoms with E-state index in [1.54, 1.807) is 39.2 Å². The average molecular weight is 496 g/mol. The van der Waals surface area contributed by atoms with Crippen LogP contribution in [0, 0.1) is 0 Å². The van der Waals surface area contributed by atoms with E-state index in [1.165, 1.54) is 6.07 Å². The van der Waals surface area contributed by atoms with Crippen molar-refractivity contribution in [1.82, 2.24) is 10.6 Å². The molecule has 10 nitrogen and oxygen atoms in total.